The number of carbonyl (C=O) groups excluding carboxylic acids is 1. The van der Waals surface area contributed by atoms with E-state index < -0.39 is 22.3 Å². The lowest BCUT2D eigenvalue weighted by Gasteiger charge is -2.03. The molecule has 104 valence electrons. The van der Waals surface area contributed by atoms with Crippen LogP contribution in [0.1, 0.15) is 20.2 Å². The molecule has 0 saturated carbocycles. The van der Waals surface area contributed by atoms with E-state index >= 15 is 0 Å². The van der Waals surface area contributed by atoms with Gasteiger partial charge in [-0.15, -0.1) is 11.3 Å². The highest BCUT2D eigenvalue weighted by Crippen LogP contribution is 2.18. The van der Waals surface area contributed by atoms with Gasteiger partial charge in [0.15, 0.2) is 0 Å². The minimum Gasteiger partial charge on any atom is -0.347 e. The summed E-state index contributed by atoms with van der Waals surface area (Å²) in [4.78, 5) is 26.4. The highest BCUT2D eigenvalue weighted by Gasteiger charge is 2.16. The second kappa shape index (κ2) is 5.74. The van der Waals surface area contributed by atoms with Gasteiger partial charge >= 0.3 is 5.69 Å². The summed E-state index contributed by atoms with van der Waals surface area (Å²) in [6, 6.07) is 3.04. The third-order valence-electron chi connectivity index (χ3n) is 2.50. The summed E-state index contributed by atoms with van der Waals surface area (Å²) >= 11 is 1.45. The average Bonchev–Trinajstić information content (AvgIpc) is 2.81. The van der Waals surface area contributed by atoms with Crippen LogP contribution in [0.15, 0.2) is 24.4 Å². The molecule has 0 aliphatic carbocycles. The van der Waals surface area contributed by atoms with Gasteiger partial charge in [0, 0.05) is 22.7 Å². The van der Waals surface area contributed by atoms with Crippen molar-refractivity contribution in [2.75, 3.05) is 0 Å². The van der Waals surface area contributed by atoms with Crippen LogP contribution in [0.25, 0.3) is 0 Å². The van der Waals surface area contributed by atoms with Crippen LogP contribution in [0.3, 0.4) is 0 Å². The molecule has 20 heavy (non-hydrogen) atoms. The number of halogens is 1. The summed E-state index contributed by atoms with van der Waals surface area (Å²) < 4.78 is 13.4. The van der Waals surface area contributed by atoms with Crippen molar-refractivity contribution in [2.45, 2.75) is 13.5 Å². The maximum atomic E-state index is 13.4. The van der Waals surface area contributed by atoms with E-state index in [-0.39, 0.29) is 12.1 Å². The van der Waals surface area contributed by atoms with Crippen molar-refractivity contribution in [1.82, 2.24) is 10.3 Å². The molecule has 1 N–H and O–H groups in total. The molecule has 2 aromatic rings. The van der Waals surface area contributed by atoms with E-state index in [2.05, 4.69) is 10.3 Å². The normalized spacial score (nSPS) is 10.3. The Morgan fingerprint density at radius 3 is 2.85 bits per heavy atom. The topological polar surface area (TPSA) is 85.1 Å². The third kappa shape index (κ3) is 3.15. The molecule has 1 aromatic heterocycles. The molecular weight excluding hydrogens is 285 g/mol. The fourth-order valence-electron chi connectivity index (χ4n) is 1.55. The molecule has 0 fully saturated rings. The number of nitrogens with one attached hydrogen (secondary N) is 1. The number of nitro benzene ring substituents is 1. The molecule has 8 heteroatoms. The summed E-state index contributed by atoms with van der Waals surface area (Å²) in [5.74, 6) is -1.53. The number of rotatable bonds is 4. The van der Waals surface area contributed by atoms with Crippen molar-refractivity contribution in [3.8, 4) is 0 Å². The van der Waals surface area contributed by atoms with Gasteiger partial charge < -0.3 is 5.32 Å². The summed E-state index contributed by atoms with van der Waals surface area (Å²) in [7, 11) is 0. The van der Waals surface area contributed by atoms with Crippen molar-refractivity contribution in [1.29, 1.82) is 0 Å². The van der Waals surface area contributed by atoms with E-state index in [0.717, 1.165) is 22.0 Å². The molecule has 0 saturated heterocycles. The first-order chi connectivity index (χ1) is 9.47. The van der Waals surface area contributed by atoms with Crippen LogP contribution in [0, 0.1) is 22.9 Å². The Morgan fingerprint density at radius 1 is 1.55 bits per heavy atom. The predicted molar refractivity (Wildman–Crippen MR) is 71.1 cm³/mol. The molecule has 1 heterocycles. The van der Waals surface area contributed by atoms with E-state index in [0.29, 0.717) is 0 Å². The highest BCUT2D eigenvalue weighted by atomic mass is 32.1. The molecule has 0 aliphatic rings. The van der Waals surface area contributed by atoms with Gasteiger partial charge in [-0.25, -0.2) is 4.98 Å². The van der Waals surface area contributed by atoms with Gasteiger partial charge in [-0.05, 0) is 19.1 Å². The summed E-state index contributed by atoms with van der Waals surface area (Å²) in [5, 5.41) is 14.0. The first-order valence-electron chi connectivity index (χ1n) is 5.61. The van der Waals surface area contributed by atoms with E-state index in [1.165, 1.54) is 17.4 Å². The molecule has 0 spiro atoms. The van der Waals surface area contributed by atoms with Gasteiger partial charge in [0.25, 0.3) is 5.91 Å². The van der Waals surface area contributed by atoms with Crippen LogP contribution >= 0.6 is 11.3 Å². The molecular formula is C12H10FN3O3S. The predicted octanol–water partition coefficient (Wildman–Crippen LogP) is 2.43. The minimum atomic E-state index is -1.03. The van der Waals surface area contributed by atoms with E-state index in [1.54, 1.807) is 6.20 Å². The number of carbonyl (C=O) groups is 1. The number of aryl methyl sites for hydroxylation is 1. The van der Waals surface area contributed by atoms with Crippen LogP contribution in [0.4, 0.5) is 10.1 Å². The zero-order chi connectivity index (χ0) is 14.7. The Balaban J connectivity index is 2.06. The number of nitro groups is 1. The zero-order valence-corrected chi connectivity index (χ0v) is 11.2. The number of hydrogen-bond donors (Lipinski definition) is 1. The lowest BCUT2D eigenvalue weighted by Crippen LogP contribution is -2.22. The van der Waals surface area contributed by atoms with Crippen molar-refractivity contribution in [3.05, 3.63) is 55.8 Å². The molecule has 0 unspecified atom stereocenters. The largest absolute Gasteiger partial charge is 0.347 e. The Hall–Kier alpha value is -2.35. The van der Waals surface area contributed by atoms with Crippen molar-refractivity contribution < 1.29 is 14.1 Å². The number of aromatic nitrogens is 1. The second-order valence-electron chi connectivity index (χ2n) is 3.95. The van der Waals surface area contributed by atoms with E-state index in [9.17, 15) is 19.3 Å². The standard InChI is InChI=1S/C12H10FN3O3S/c1-7-14-5-9(20-7)6-15-12(17)8-2-3-11(16(18)19)10(13)4-8/h2-5H,6H2,1H3,(H,15,17). The molecule has 0 bridgehead atoms. The van der Waals surface area contributed by atoms with Gasteiger partial charge in [-0.2, -0.15) is 4.39 Å². The minimum absolute atomic E-state index is 0.0364. The van der Waals surface area contributed by atoms with Crippen LogP contribution in [0.5, 0.6) is 0 Å². The van der Waals surface area contributed by atoms with E-state index in [1.807, 2.05) is 6.92 Å². The van der Waals surface area contributed by atoms with Crippen LogP contribution in [-0.2, 0) is 6.54 Å². The second-order valence-corrected chi connectivity index (χ2v) is 5.27. The number of thiazole rings is 1. The lowest BCUT2D eigenvalue weighted by molar-refractivity contribution is -0.387. The van der Waals surface area contributed by atoms with Crippen molar-refractivity contribution in [2.24, 2.45) is 0 Å². The maximum absolute atomic E-state index is 13.4. The lowest BCUT2D eigenvalue weighted by atomic mass is 10.2. The SMILES string of the molecule is Cc1ncc(CNC(=O)c2ccc([N+](=O)[O-])c(F)c2)s1. The maximum Gasteiger partial charge on any atom is 0.304 e. The van der Waals surface area contributed by atoms with Gasteiger partial charge in [0.05, 0.1) is 16.5 Å². The Morgan fingerprint density at radius 2 is 2.30 bits per heavy atom. The van der Waals surface area contributed by atoms with E-state index in [4.69, 9.17) is 0 Å². The Bertz CT molecular complexity index is 672. The third-order valence-corrected chi connectivity index (χ3v) is 3.41. The number of hydrogen-bond acceptors (Lipinski definition) is 5. The average molecular weight is 295 g/mol. The molecule has 0 radical (unpaired) electrons. The summed E-state index contributed by atoms with van der Waals surface area (Å²) in [6.45, 7) is 2.13. The first kappa shape index (κ1) is 14.1. The molecule has 0 atom stereocenters. The Labute approximate surface area is 117 Å². The number of nitrogens with zero attached hydrogens (tertiary/aromatic N) is 2. The van der Waals surface area contributed by atoms with Crippen LogP contribution in [0.2, 0.25) is 0 Å². The van der Waals surface area contributed by atoms with Gasteiger partial charge in [-0.1, -0.05) is 0 Å². The molecule has 1 aromatic carbocycles. The Kier molecular flexibility index (Phi) is 4.04. The zero-order valence-electron chi connectivity index (χ0n) is 10.4. The molecule has 0 aliphatic heterocycles. The van der Waals surface area contributed by atoms with Crippen molar-refractivity contribution in [3.63, 3.8) is 0 Å². The van der Waals surface area contributed by atoms with Crippen LogP contribution < -0.4 is 5.32 Å². The fraction of sp³-hybridized carbons (Fsp3) is 0.167. The van der Waals surface area contributed by atoms with Crippen LogP contribution in [-0.4, -0.2) is 15.8 Å². The van der Waals surface area contributed by atoms with Gasteiger partial charge in [-0.3, -0.25) is 14.9 Å². The number of amides is 1. The molecule has 1 amide bonds. The van der Waals surface area contributed by atoms with Gasteiger partial charge in [0.1, 0.15) is 0 Å². The first-order valence-corrected chi connectivity index (χ1v) is 6.42. The number of benzene rings is 1. The monoisotopic (exact) mass is 295 g/mol. The quantitative estimate of drug-likeness (QED) is 0.693. The fourth-order valence-corrected chi connectivity index (χ4v) is 2.29. The smallest absolute Gasteiger partial charge is 0.304 e. The highest BCUT2D eigenvalue weighted by molar-refractivity contribution is 7.11. The summed E-state index contributed by atoms with van der Waals surface area (Å²) in [5.41, 5.74) is -0.617. The molecule has 6 nitrogen and oxygen atoms in total. The molecule has 2 rings (SSSR count). The summed E-state index contributed by atoms with van der Waals surface area (Å²) in [6.07, 6.45) is 1.65. The van der Waals surface area contributed by atoms with Gasteiger partial charge in [0.2, 0.25) is 5.82 Å². The van der Waals surface area contributed by atoms with Crippen molar-refractivity contribution >= 4 is 22.9 Å².